The molecule has 0 unspecified atom stereocenters. The molecule has 6 amide bonds. The Morgan fingerprint density at radius 1 is 0.298 bits per heavy atom. The van der Waals surface area contributed by atoms with Crippen LogP contribution in [0.3, 0.4) is 0 Å². The summed E-state index contributed by atoms with van der Waals surface area (Å²) in [7, 11) is 0. The monoisotopic (exact) mass is 1520 g/mol. The van der Waals surface area contributed by atoms with Crippen molar-refractivity contribution in [1.29, 1.82) is 0 Å². The molecular weight excluding hydrogens is 1370 g/mol. The molecule has 0 saturated carbocycles. The minimum absolute atomic E-state index is 0.00692. The molecule has 24 heteroatoms. The summed E-state index contributed by atoms with van der Waals surface area (Å²) in [6, 6.07) is -0.0510. The highest BCUT2D eigenvalue weighted by atomic mass is 32.2. The van der Waals surface area contributed by atoms with Gasteiger partial charge in [-0.2, -0.15) is 0 Å². The molecule has 0 aliphatic heterocycles. The van der Waals surface area contributed by atoms with Crippen molar-refractivity contribution < 1.29 is 43.0 Å². The van der Waals surface area contributed by atoms with Crippen molar-refractivity contribution in [3.63, 3.8) is 0 Å². The zero-order chi connectivity index (χ0) is 79.3. The highest BCUT2D eigenvalue weighted by molar-refractivity contribution is 8.15. The number of nitrogens with two attached hydrogens (primary N) is 6. The van der Waals surface area contributed by atoms with Gasteiger partial charge in [0, 0.05) is 68.6 Å². The molecule has 0 bridgehead atoms. The van der Waals surface area contributed by atoms with Gasteiger partial charge in [0.15, 0.2) is 0 Å². The minimum Gasteiger partial charge on any atom is -0.444 e. The Balaban J connectivity index is 0.00000122. The zero-order valence-corrected chi connectivity index (χ0v) is 70.6. The van der Waals surface area contributed by atoms with Crippen LogP contribution in [0, 0.1) is 0 Å². The molecule has 0 radical (unpaired) electrons. The molecule has 602 valence electrons. The predicted octanol–water partition coefficient (Wildman–Crippen LogP) is 17.2. The summed E-state index contributed by atoms with van der Waals surface area (Å²) in [5, 5.41) is 17.7. The van der Waals surface area contributed by atoms with Crippen LogP contribution in [0.15, 0.2) is 72.9 Å². The summed E-state index contributed by atoms with van der Waals surface area (Å²) in [5.74, 6) is 0. The molecule has 12 atom stereocenters. The molecule has 21 nitrogen and oxygen atoms in total. The molecule has 6 aliphatic rings. The van der Waals surface area contributed by atoms with E-state index in [1.54, 1.807) is 0 Å². The van der Waals surface area contributed by atoms with E-state index in [4.69, 9.17) is 48.6 Å². The van der Waals surface area contributed by atoms with Crippen molar-refractivity contribution in [2.45, 2.75) is 396 Å². The van der Waals surface area contributed by atoms with Crippen LogP contribution in [-0.4, -0.2) is 138 Å². The summed E-state index contributed by atoms with van der Waals surface area (Å²) in [6.45, 7) is 39.0. The van der Waals surface area contributed by atoms with Gasteiger partial charge in [0.2, 0.25) is 0 Å². The third-order valence-electron chi connectivity index (χ3n) is 16.0. The molecule has 0 saturated heterocycles. The van der Waals surface area contributed by atoms with Crippen molar-refractivity contribution >= 4 is 69.3 Å². The number of hydrogen-bond donors (Lipinski definition) is 12. The molecule has 0 heterocycles. The van der Waals surface area contributed by atoms with Crippen LogP contribution in [-0.2, 0) is 14.2 Å². The zero-order valence-electron chi connectivity index (χ0n) is 68.2. The maximum atomic E-state index is 11.8. The van der Waals surface area contributed by atoms with Gasteiger partial charge in [-0.25, -0.2) is 14.4 Å². The first-order chi connectivity index (χ1) is 48.3. The predicted molar refractivity (Wildman–Crippen MR) is 443 cm³/mol. The fourth-order valence-corrected chi connectivity index (χ4v) is 13.3. The average molecular weight is 1520 g/mol. The summed E-state index contributed by atoms with van der Waals surface area (Å²) < 4.78 is 15.5. The maximum absolute atomic E-state index is 11.8. The summed E-state index contributed by atoms with van der Waals surface area (Å²) in [5.41, 5.74) is 34.9. The standard InChI is InChI=1S/3C13H24N2O2.3C13H24N2OS.C2H6/c6*1-13(2,3)17-12(16)15-11-9-7-5-4-6-8-10(11)14;1-2/h7,9-11H,4-6,8,14H2,1-3H3,(H,15,16);6,8,10-11H,4-5,7,9,14H2,1-3H3,(H,15,16);4-5,10-11H,6-9,14H2,1-3H3,(H,15,16);7,9-11H,4-6,8,14H2,1-3H3,(H,15,16);6,8,10-11H,4-5,7,9,14H2,1-3H3,(H,15,16);4-5,10-11H,6-9,14H2,1-3H3,(H,15,16);1-2H3/b9-7+;8-6+;5-4+;9-7+;8-6+;5-4+;/t2*10-,11-;10-,11+;2*10-,11-;10-,11+;/m110110./s1. The van der Waals surface area contributed by atoms with Crippen molar-refractivity contribution in [3.05, 3.63) is 72.9 Å². The average Bonchev–Trinajstić information content (AvgIpc) is 0.925. The van der Waals surface area contributed by atoms with Crippen molar-refractivity contribution in [3.8, 4) is 0 Å². The van der Waals surface area contributed by atoms with Crippen molar-refractivity contribution in [1.82, 2.24) is 31.9 Å². The van der Waals surface area contributed by atoms with Gasteiger partial charge in [0.05, 0.1) is 18.1 Å². The summed E-state index contributed by atoms with van der Waals surface area (Å²) in [4.78, 5) is 70.5. The maximum Gasteiger partial charge on any atom is 0.408 e. The van der Waals surface area contributed by atoms with E-state index >= 15 is 0 Å². The van der Waals surface area contributed by atoms with E-state index in [1.807, 2.05) is 163 Å². The van der Waals surface area contributed by atoms with Gasteiger partial charge < -0.3 is 80.5 Å². The van der Waals surface area contributed by atoms with E-state index in [9.17, 15) is 28.8 Å². The Labute approximate surface area is 643 Å². The number of ether oxygens (including phenoxy) is 3. The molecule has 0 aromatic rings. The van der Waals surface area contributed by atoms with Crippen LogP contribution < -0.4 is 66.3 Å². The summed E-state index contributed by atoms with van der Waals surface area (Å²) in [6.07, 6.45) is 48.8. The Morgan fingerprint density at radius 2 is 0.567 bits per heavy atom. The number of carbonyl (C=O) groups is 6. The van der Waals surface area contributed by atoms with Crippen LogP contribution in [0.1, 0.15) is 293 Å². The van der Waals surface area contributed by atoms with Crippen LogP contribution in [0.4, 0.5) is 28.8 Å². The largest absolute Gasteiger partial charge is 0.444 e. The molecule has 0 spiro atoms. The lowest BCUT2D eigenvalue weighted by Crippen LogP contribution is -2.49. The quantitative estimate of drug-likeness (QED) is 0.0868. The Bertz CT molecular complexity index is 2430. The van der Waals surface area contributed by atoms with E-state index in [-0.39, 0.29) is 115 Å². The second-order valence-corrected chi connectivity index (χ2v) is 38.7. The van der Waals surface area contributed by atoms with E-state index in [0.717, 1.165) is 135 Å². The lowest BCUT2D eigenvalue weighted by molar-refractivity contribution is 0.0483. The molecule has 104 heavy (non-hydrogen) atoms. The smallest absolute Gasteiger partial charge is 0.408 e. The van der Waals surface area contributed by atoms with Crippen molar-refractivity contribution in [2.75, 3.05) is 0 Å². The highest BCUT2D eigenvalue weighted by Gasteiger charge is 2.29. The van der Waals surface area contributed by atoms with Crippen LogP contribution in [0.25, 0.3) is 0 Å². The lowest BCUT2D eigenvalue weighted by Gasteiger charge is -2.27. The third kappa shape index (κ3) is 55.8. The number of amides is 6. The number of nitrogens with one attached hydrogen (secondary N) is 6. The first kappa shape index (κ1) is 99.5. The number of allylic oxidation sites excluding steroid dienone is 8. The second-order valence-electron chi connectivity index (χ2n) is 33.3. The normalized spacial score (nSPS) is 27.4. The topological polar surface area (TPSA) is 358 Å². The molecular formula is C80H150N12O9S3. The van der Waals surface area contributed by atoms with Crippen LogP contribution >= 0.6 is 35.3 Å². The van der Waals surface area contributed by atoms with E-state index in [1.165, 1.54) is 54.5 Å². The molecule has 6 aliphatic carbocycles. The number of alkyl carbamates (subject to hydrolysis) is 3. The molecule has 0 aromatic carbocycles. The fourth-order valence-electron chi connectivity index (χ4n) is 11.0. The minimum atomic E-state index is -0.473. The first-order valence-corrected chi connectivity index (χ1v) is 41.2. The number of thioether (sulfide) groups is 3. The van der Waals surface area contributed by atoms with E-state index in [0.29, 0.717) is 0 Å². The molecule has 0 fully saturated rings. The first-order valence-electron chi connectivity index (χ1n) is 38.8. The Hall–Kier alpha value is -4.53. The van der Waals surface area contributed by atoms with Gasteiger partial charge in [-0.05, 0) is 191 Å². The van der Waals surface area contributed by atoms with Crippen LogP contribution in [0.5, 0.6) is 0 Å². The molecule has 18 N–H and O–H groups in total. The second kappa shape index (κ2) is 52.5. The lowest BCUT2D eigenvalue weighted by atomic mass is 9.96. The van der Waals surface area contributed by atoms with Gasteiger partial charge in [-0.15, -0.1) is 0 Å². The van der Waals surface area contributed by atoms with E-state index < -0.39 is 22.9 Å². The number of hydrogen-bond acceptors (Lipinski definition) is 18. The van der Waals surface area contributed by atoms with Gasteiger partial charge >= 0.3 is 18.3 Å². The van der Waals surface area contributed by atoms with Gasteiger partial charge in [0.1, 0.15) is 16.8 Å². The summed E-state index contributed by atoms with van der Waals surface area (Å²) >= 11 is 4.00. The highest BCUT2D eigenvalue weighted by Crippen LogP contribution is 2.28. The van der Waals surface area contributed by atoms with Crippen LogP contribution in [0.2, 0.25) is 0 Å². The van der Waals surface area contributed by atoms with Gasteiger partial charge in [0.25, 0.3) is 15.7 Å². The SMILES string of the molecule is CC.CC(C)(C)OC(=O)N[C@@H]1/C=C/CCCC[C@H]1N.CC(C)(C)OC(=O)N[C@@H]1CC/C=C/CC[C@@H]1N.CC(C)(C)OC(=O)N[C@@H]1CCCC/C=C/[C@H]1N.CC(C)(C)SC(=O)N[C@@H]1/C=C/CCCC[C@H]1N.CC(C)(C)SC(=O)N[C@@H]1CC/C=C/CC[C@@H]1N.CC(C)(C)SC(=O)N[C@@H]1CCCC/C=C/[C@H]1N. The molecule has 6 rings (SSSR count). The van der Waals surface area contributed by atoms with Gasteiger partial charge in [-0.1, -0.05) is 210 Å². The fraction of sp³-hybridized carbons (Fsp3) is 0.775. The third-order valence-corrected chi connectivity index (χ3v) is 18.8. The van der Waals surface area contributed by atoms with E-state index in [2.05, 4.69) is 80.5 Å². The molecule has 0 aromatic heterocycles. The van der Waals surface area contributed by atoms with Crippen molar-refractivity contribution in [2.24, 2.45) is 34.4 Å². The Morgan fingerprint density at radius 3 is 0.913 bits per heavy atom. The number of rotatable bonds is 6. The van der Waals surface area contributed by atoms with Gasteiger partial charge in [-0.3, -0.25) is 14.4 Å². The number of carbonyl (C=O) groups excluding carboxylic acids is 6. The Kier molecular flexibility index (Phi) is 50.2.